The van der Waals surface area contributed by atoms with E-state index in [9.17, 15) is 4.79 Å². The van der Waals surface area contributed by atoms with Crippen LogP contribution in [0.3, 0.4) is 0 Å². The van der Waals surface area contributed by atoms with E-state index in [0.717, 1.165) is 36.5 Å². The van der Waals surface area contributed by atoms with Crippen molar-refractivity contribution in [1.29, 1.82) is 0 Å². The van der Waals surface area contributed by atoms with Crippen molar-refractivity contribution in [3.8, 4) is 0 Å². The van der Waals surface area contributed by atoms with Gasteiger partial charge in [0.25, 0.3) is 5.91 Å². The second-order valence-corrected chi connectivity index (χ2v) is 6.06. The average molecular weight is 325 g/mol. The summed E-state index contributed by atoms with van der Waals surface area (Å²) in [6.07, 6.45) is 7.72. The van der Waals surface area contributed by atoms with Gasteiger partial charge in [-0.2, -0.15) is 0 Å². The minimum absolute atomic E-state index is 0.122. The third-order valence-electron chi connectivity index (χ3n) is 3.81. The molecule has 1 fully saturated rings. The molecule has 1 saturated heterocycles. The third-order valence-corrected chi connectivity index (χ3v) is 4.28. The molecule has 1 unspecified atom stereocenters. The molecule has 104 valence electrons. The summed E-state index contributed by atoms with van der Waals surface area (Å²) in [4.78, 5) is 18.5. The van der Waals surface area contributed by atoms with Crippen LogP contribution in [0.15, 0.2) is 22.9 Å². The summed E-state index contributed by atoms with van der Waals surface area (Å²) in [5.74, 6) is 0.919. The van der Waals surface area contributed by atoms with Crippen molar-refractivity contribution in [2.45, 2.75) is 39.0 Å². The zero-order valence-corrected chi connectivity index (χ0v) is 13.0. The Labute approximate surface area is 123 Å². The molecule has 4 heteroatoms. The van der Waals surface area contributed by atoms with Gasteiger partial charge < -0.3 is 4.90 Å². The van der Waals surface area contributed by atoms with Gasteiger partial charge in [0.15, 0.2) is 0 Å². The van der Waals surface area contributed by atoms with Gasteiger partial charge in [0.1, 0.15) is 4.60 Å². The van der Waals surface area contributed by atoms with E-state index in [4.69, 9.17) is 0 Å². The largest absolute Gasteiger partial charge is 0.339 e. The number of hydrogen-bond acceptors (Lipinski definition) is 2. The molecule has 1 aromatic rings. The van der Waals surface area contributed by atoms with E-state index in [-0.39, 0.29) is 5.91 Å². The van der Waals surface area contributed by atoms with Crippen molar-refractivity contribution in [3.63, 3.8) is 0 Å². The van der Waals surface area contributed by atoms with E-state index in [1.165, 1.54) is 19.3 Å². The maximum Gasteiger partial charge on any atom is 0.255 e. The highest BCUT2D eigenvalue weighted by Gasteiger charge is 2.21. The van der Waals surface area contributed by atoms with Gasteiger partial charge in [-0.25, -0.2) is 4.98 Å². The highest BCUT2D eigenvalue weighted by atomic mass is 79.9. The van der Waals surface area contributed by atoms with Gasteiger partial charge in [0, 0.05) is 19.3 Å². The Kier molecular flexibility index (Phi) is 5.37. The van der Waals surface area contributed by atoms with Crippen LogP contribution < -0.4 is 0 Å². The molecule has 1 aliphatic rings. The highest BCUT2D eigenvalue weighted by Crippen LogP contribution is 2.22. The number of amides is 1. The minimum atomic E-state index is 0.122. The summed E-state index contributed by atoms with van der Waals surface area (Å²) in [6, 6.07) is 3.67. The van der Waals surface area contributed by atoms with Gasteiger partial charge in [-0.1, -0.05) is 19.8 Å². The number of halogens is 1. The van der Waals surface area contributed by atoms with Gasteiger partial charge in [0.2, 0.25) is 0 Å². The van der Waals surface area contributed by atoms with Crippen LogP contribution in [0.2, 0.25) is 0 Å². The zero-order valence-electron chi connectivity index (χ0n) is 11.4. The van der Waals surface area contributed by atoms with Crippen LogP contribution in [-0.4, -0.2) is 28.9 Å². The van der Waals surface area contributed by atoms with Crippen LogP contribution in [0.5, 0.6) is 0 Å². The van der Waals surface area contributed by atoms with Crippen LogP contribution in [0.25, 0.3) is 0 Å². The molecule has 2 rings (SSSR count). The number of pyridine rings is 1. The molecule has 0 radical (unpaired) electrons. The van der Waals surface area contributed by atoms with Crippen molar-refractivity contribution < 1.29 is 4.79 Å². The number of likely N-dealkylation sites (tertiary alicyclic amines) is 1. The standard InChI is InChI=1S/C15H21BrN2O/c1-2-4-12-5-3-9-18(10-8-12)15(19)13-6-7-14(16)17-11-13/h6-7,11-12H,2-5,8-10H2,1H3. The molecule has 1 amide bonds. The van der Waals surface area contributed by atoms with Gasteiger partial charge >= 0.3 is 0 Å². The van der Waals surface area contributed by atoms with E-state index >= 15 is 0 Å². The first-order valence-corrected chi connectivity index (χ1v) is 7.91. The fourth-order valence-electron chi connectivity index (χ4n) is 2.75. The van der Waals surface area contributed by atoms with Crippen molar-refractivity contribution in [2.24, 2.45) is 5.92 Å². The van der Waals surface area contributed by atoms with Crippen molar-refractivity contribution in [1.82, 2.24) is 9.88 Å². The number of aromatic nitrogens is 1. The Balaban J connectivity index is 1.98. The molecular weight excluding hydrogens is 304 g/mol. The zero-order chi connectivity index (χ0) is 13.7. The Morgan fingerprint density at radius 2 is 2.26 bits per heavy atom. The number of carbonyl (C=O) groups is 1. The summed E-state index contributed by atoms with van der Waals surface area (Å²) >= 11 is 3.29. The highest BCUT2D eigenvalue weighted by molar-refractivity contribution is 9.10. The number of carbonyl (C=O) groups excluding carboxylic acids is 1. The molecule has 1 atom stereocenters. The SMILES string of the molecule is CCCC1CCCN(C(=O)c2ccc(Br)nc2)CC1. The Morgan fingerprint density at radius 3 is 2.95 bits per heavy atom. The molecular formula is C15H21BrN2O. The lowest BCUT2D eigenvalue weighted by Gasteiger charge is -2.20. The number of rotatable bonds is 3. The minimum Gasteiger partial charge on any atom is -0.339 e. The molecule has 0 saturated carbocycles. The first kappa shape index (κ1) is 14.5. The molecule has 2 heterocycles. The predicted molar refractivity (Wildman–Crippen MR) is 80.1 cm³/mol. The monoisotopic (exact) mass is 324 g/mol. The van der Waals surface area contributed by atoms with E-state index in [0.29, 0.717) is 5.56 Å². The molecule has 1 aliphatic heterocycles. The summed E-state index contributed by atoms with van der Waals surface area (Å²) < 4.78 is 0.767. The molecule has 0 N–H and O–H groups in total. The lowest BCUT2D eigenvalue weighted by atomic mass is 9.96. The van der Waals surface area contributed by atoms with Gasteiger partial charge in [-0.15, -0.1) is 0 Å². The Bertz CT molecular complexity index is 419. The van der Waals surface area contributed by atoms with Crippen LogP contribution in [0, 0.1) is 5.92 Å². The number of nitrogens with zero attached hydrogens (tertiary/aromatic N) is 2. The molecule has 0 aromatic carbocycles. The average Bonchev–Trinajstić information content (AvgIpc) is 2.65. The Morgan fingerprint density at radius 1 is 1.42 bits per heavy atom. The second kappa shape index (κ2) is 7.04. The van der Waals surface area contributed by atoms with Crippen LogP contribution in [0.1, 0.15) is 49.4 Å². The maximum atomic E-state index is 12.4. The molecule has 0 bridgehead atoms. The van der Waals surface area contributed by atoms with E-state index in [1.807, 2.05) is 17.0 Å². The molecule has 1 aromatic heterocycles. The smallest absolute Gasteiger partial charge is 0.255 e. The molecule has 3 nitrogen and oxygen atoms in total. The summed E-state index contributed by atoms with van der Waals surface area (Å²) in [7, 11) is 0. The van der Waals surface area contributed by atoms with E-state index < -0.39 is 0 Å². The fourth-order valence-corrected chi connectivity index (χ4v) is 2.98. The summed E-state index contributed by atoms with van der Waals surface area (Å²) in [5.41, 5.74) is 0.692. The normalized spacial score (nSPS) is 20.1. The van der Waals surface area contributed by atoms with Gasteiger partial charge in [-0.3, -0.25) is 4.79 Å². The van der Waals surface area contributed by atoms with E-state index in [1.54, 1.807) is 6.20 Å². The maximum absolute atomic E-state index is 12.4. The predicted octanol–water partition coefficient (Wildman–Crippen LogP) is 3.89. The van der Waals surface area contributed by atoms with Crippen LogP contribution >= 0.6 is 15.9 Å². The first-order valence-electron chi connectivity index (χ1n) is 7.11. The van der Waals surface area contributed by atoms with Gasteiger partial charge in [0.05, 0.1) is 5.56 Å². The summed E-state index contributed by atoms with van der Waals surface area (Å²) in [5, 5.41) is 0. The molecule has 0 spiro atoms. The van der Waals surface area contributed by atoms with Crippen molar-refractivity contribution >= 4 is 21.8 Å². The Hall–Kier alpha value is -0.900. The topological polar surface area (TPSA) is 33.2 Å². The first-order chi connectivity index (χ1) is 9.20. The van der Waals surface area contributed by atoms with E-state index in [2.05, 4.69) is 27.8 Å². The molecule has 0 aliphatic carbocycles. The van der Waals surface area contributed by atoms with Crippen molar-refractivity contribution in [3.05, 3.63) is 28.5 Å². The van der Waals surface area contributed by atoms with Crippen molar-refractivity contribution in [2.75, 3.05) is 13.1 Å². The quantitative estimate of drug-likeness (QED) is 0.790. The second-order valence-electron chi connectivity index (χ2n) is 5.25. The van der Waals surface area contributed by atoms with Gasteiger partial charge in [-0.05, 0) is 53.2 Å². The summed E-state index contributed by atoms with van der Waals surface area (Å²) in [6.45, 7) is 4.01. The van der Waals surface area contributed by atoms with Crippen LogP contribution in [0.4, 0.5) is 0 Å². The molecule has 19 heavy (non-hydrogen) atoms. The van der Waals surface area contributed by atoms with Crippen LogP contribution in [-0.2, 0) is 0 Å². The lowest BCUT2D eigenvalue weighted by Crippen LogP contribution is -2.32. The third kappa shape index (κ3) is 4.03. The fraction of sp³-hybridized carbons (Fsp3) is 0.600. The lowest BCUT2D eigenvalue weighted by molar-refractivity contribution is 0.0759. The number of hydrogen-bond donors (Lipinski definition) is 0.